The summed E-state index contributed by atoms with van der Waals surface area (Å²) < 4.78 is 5.01. The Bertz CT molecular complexity index is 336. The fourth-order valence-electron chi connectivity index (χ4n) is 1.91. The third kappa shape index (κ3) is 1.87. The minimum atomic E-state index is -0.377. The summed E-state index contributed by atoms with van der Waals surface area (Å²) in [7, 11) is 0. The van der Waals surface area contributed by atoms with Crippen molar-refractivity contribution in [3.8, 4) is 0 Å². The van der Waals surface area contributed by atoms with Crippen LogP contribution in [0.1, 0.15) is 31.6 Å². The van der Waals surface area contributed by atoms with Gasteiger partial charge in [0.2, 0.25) is 5.89 Å². The van der Waals surface area contributed by atoms with Crippen LogP contribution < -0.4 is 5.69 Å². The molecule has 0 unspecified atom stereocenters. The van der Waals surface area contributed by atoms with Crippen LogP contribution in [0.3, 0.4) is 0 Å². The number of likely N-dealkylation sites (tertiary alicyclic amines) is 1. The Balaban J connectivity index is 1.98. The highest BCUT2D eigenvalue weighted by molar-refractivity contribution is 4.92. The quantitative estimate of drug-likeness (QED) is 0.752. The lowest BCUT2D eigenvalue weighted by molar-refractivity contribution is 0.202. The molecule has 2 heterocycles. The average Bonchev–Trinajstić information content (AvgIpc) is 2.65. The number of rotatable bonds is 2. The molecule has 1 saturated heterocycles. The summed E-state index contributed by atoms with van der Waals surface area (Å²) in [5.41, 5.74) is -0.377. The van der Waals surface area contributed by atoms with Gasteiger partial charge < -0.3 is 9.42 Å². The minimum Gasteiger partial charge on any atom is -0.362 e. The van der Waals surface area contributed by atoms with Gasteiger partial charge in [-0.3, -0.25) is 0 Å². The molecule has 5 nitrogen and oxygen atoms in total. The third-order valence-electron chi connectivity index (χ3n) is 2.84. The minimum absolute atomic E-state index is 0.316. The summed E-state index contributed by atoms with van der Waals surface area (Å²) in [6.45, 7) is 5.39. The molecule has 1 N–H and O–H groups in total. The van der Waals surface area contributed by atoms with Crippen LogP contribution in [0, 0.1) is 0 Å². The van der Waals surface area contributed by atoms with Crippen LogP contribution in [0.5, 0.6) is 0 Å². The van der Waals surface area contributed by atoms with Gasteiger partial charge in [0, 0.05) is 5.92 Å². The molecule has 0 saturated carbocycles. The Hall–Kier alpha value is -1.10. The number of aromatic nitrogens is 2. The predicted octanol–water partition coefficient (Wildman–Crippen LogP) is 0.562. The van der Waals surface area contributed by atoms with E-state index in [2.05, 4.69) is 22.0 Å². The average molecular weight is 197 g/mol. The van der Waals surface area contributed by atoms with Gasteiger partial charge in [-0.05, 0) is 32.5 Å². The molecule has 0 aromatic carbocycles. The van der Waals surface area contributed by atoms with Gasteiger partial charge in [0.25, 0.3) is 0 Å². The van der Waals surface area contributed by atoms with E-state index in [4.69, 9.17) is 4.52 Å². The van der Waals surface area contributed by atoms with Gasteiger partial charge in [-0.15, -0.1) is 0 Å². The molecule has 0 spiro atoms. The van der Waals surface area contributed by atoms with E-state index >= 15 is 0 Å². The van der Waals surface area contributed by atoms with Crippen molar-refractivity contribution in [2.24, 2.45) is 0 Å². The fraction of sp³-hybridized carbons (Fsp3) is 0.778. The van der Waals surface area contributed by atoms with Crippen molar-refractivity contribution in [2.75, 3.05) is 19.6 Å². The van der Waals surface area contributed by atoms with E-state index in [1.807, 2.05) is 0 Å². The molecule has 0 atom stereocenters. The van der Waals surface area contributed by atoms with Crippen molar-refractivity contribution < 1.29 is 4.52 Å². The maximum Gasteiger partial charge on any atom is 0.377 e. The topological polar surface area (TPSA) is 62.1 Å². The molecule has 0 amide bonds. The van der Waals surface area contributed by atoms with E-state index in [-0.39, 0.29) is 5.69 Å². The van der Waals surface area contributed by atoms with Crippen molar-refractivity contribution in [1.29, 1.82) is 0 Å². The second-order valence-corrected chi connectivity index (χ2v) is 3.67. The van der Waals surface area contributed by atoms with Crippen LogP contribution in [0.2, 0.25) is 0 Å². The molecule has 0 bridgehead atoms. The van der Waals surface area contributed by atoms with Gasteiger partial charge in [-0.1, -0.05) is 6.92 Å². The summed E-state index contributed by atoms with van der Waals surface area (Å²) in [4.78, 5) is 17.0. The summed E-state index contributed by atoms with van der Waals surface area (Å²) in [5, 5.41) is 2.24. The summed E-state index contributed by atoms with van der Waals surface area (Å²) >= 11 is 0. The van der Waals surface area contributed by atoms with Crippen molar-refractivity contribution >= 4 is 0 Å². The second kappa shape index (κ2) is 3.96. The highest BCUT2D eigenvalue weighted by Crippen LogP contribution is 2.25. The second-order valence-electron chi connectivity index (χ2n) is 3.67. The lowest BCUT2D eigenvalue weighted by Gasteiger charge is -2.28. The first-order chi connectivity index (χ1) is 6.79. The number of hydrogen-bond acceptors (Lipinski definition) is 4. The zero-order chi connectivity index (χ0) is 9.97. The maximum atomic E-state index is 10.8. The maximum absolute atomic E-state index is 10.8. The van der Waals surface area contributed by atoms with Gasteiger partial charge in [-0.2, -0.15) is 10.1 Å². The fourth-order valence-corrected chi connectivity index (χ4v) is 1.91. The summed E-state index contributed by atoms with van der Waals surface area (Å²) in [5.74, 6) is 0.891. The number of nitrogens with one attached hydrogen (secondary N) is 1. The van der Waals surface area contributed by atoms with Crippen LogP contribution >= 0.6 is 0 Å². The highest BCUT2D eigenvalue weighted by atomic mass is 16.5. The standard InChI is InChI=1S/C9H15N3O2/c1-2-12-5-3-7(4-6-12)8-10-9(13)11-14-8/h7H,2-6H2,1H3,(H,11,13). The van der Waals surface area contributed by atoms with Crippen LogP contribution in [-0.2, 0) is 0 Å². The molecular weight excluding hydrogens is 182 g/mol. The Morgan fingerprint density at radius 3 is 2.79 bits per heavy atom. The lowest BCUT2D eigenvalue weighted by Crippen LogP contribution is -2.32. The summed E-state index contributed by atoms with van der Waals surface area (Å²) in [6.07, 6.45) is 2.06. The number of nitrogens with zero attached hydrogens (tertiary/aromatic N) is 2. The van der Waals surface area contributed by atoms with Crippen LogP contribution in [-0.4, -0.2) is 34.7 Å². The molecule has 1 aromatic rings. The summed E-state index contributed by atoms with van der Waals surface area (Å²) in [6, 6.07) is 0. The van der Waals surface area contributed by atoms with E-state index < -0.39 is 0 Å². The van der Waals surface area contributed by atoms with Crippen LogP contribution in [0.15, 0.2) is 9.32 Å². The SMILES string of the molecule is CCN1CCC(c2nc(=O)[nH]o2)CC1. The van der Waals surface area contributed by atoms with E-state index in [1.54, 1.807) is 0 Å². The Kier molecular flexibility index (Phi) is 2.67. The van der Waals surface area contributed by atoms with Crippen molar-refractivity contribution in [1.82, 2.24) is 15.0 Å². The number of hydrogen-bond donors (Lipinski definition) is 1. The molecule has 0 aliphatic carbocycles. The molecule has 1 fully saturated rings. The third-order valence-corrected chi connectivity index (χ3v) is 2.84. The molecule has 1 aliphatic heterocycles. The first-order valence-corrected chi connectivity index (χ1v) is 5.07. The van der Waals surface area contributed by atoms with E-state index in [0.29, 0.717) is 11.8 Å². The van der Waals surface area contributed by atoms with E-state index in [0.717, 1.165) is 32.5 Å². The highest BCUT2D eigenvalue weighted by Gasteiger charge is 2.23. The monoisotopic (exact) mass is 197 g/mol. The molecular formula is C9H15N3O2. The number of aromatic amines is 1. The Morgan fingerprint density at radius 1 is 1.57 bits per heavy atom. The van der Waals surface area contributed by atoms with E-state index in [9.17, 15) is 4.79 Å². The van der Waals surface area contributed by atoms with Gasteiger partial charge >= 0.3 is 5.69 Å². The smallest absolute Gasteiger partial charge is 0.362 e. The number of piperidine rings is 1. The van der Waals surface area contributed by atoms with Crippen molar-refractivity contribution in [3.05, 3.63) is 16.4 Å². The zero-order valence-corrected chi connectivity index (χ0v) is 8.32. The molecule has 0 radical (unpaired) electrons. The Labute approximate surface area is 82.1 Å². The molecule has 1 aliphatic rings. The molecule has 1 aromatic heterocycles. The van der Waals surface area contributed by atoms with Crippen molar-refractivity contribution in [3.63, 3.8) is 0 Å². The normalized spacial score (nSPS) is 20.1. The largest absolute Gasteiger partial charge is 0.377 e. The van der Waals surface area contributed by atoms with Crippen molar-refractivity contribution in [2.45, 2.75) is 25.7 Å². The molecule has 78 valence electrons. The zero-order valence-electron chi connectivity index (χ0n) is 8.32. The van der Waals surface area contributed by atoms with Gasteiger partial charge in [0.05, 0.1) is 0 Å². The first-order valence-electron chi connectivity index (χ1n) is 5.07. The lowest BCUT2D eigenvalue weighted by atomic mass is 9.97. The Morgan fingerprint density at radius 2 is 2.29 bits per heavy atom. The van der Waals surface area contributed by atoms with Crippen LogP contribution in [0.4, 0.5) is 0 Å². The molecule has 14 heavy (non-hydrogen) atoms. The van der Waals surface area contributed by atoms with Crippen LogP contribution in [0.25, 0.3) is 0 Å². The first kappa shape index (κ1) is 9.45. The van der Waals surface area contributed by atoms with Gasteiger partial charge in [-0.25, -0.2) is 4.79 Å². The van der Waals surface area contributed by atoms with E-state index in [1.165, 1.54) is 0 Å². The van der Waals surface area contributed by atoms with Gasteiger partial charge in [0.15, 0.2) is 0 Å². The molecule has 5 heteroatoms. The number of H-pyrrole nitrogens is 1. The van der Waals surface area contributed by atoms with Gasteiger partial charge in [0.1, 0.15) is 0 Å². The molecule has 2 rings (SSSR count). The predicted molar refractivity (Wildman–Crippen MR) is 51.2 cm³/mol.